The van der Waals surface area contributed by atoms with Gasteiger partial charge in [0.15, 0.2) is 11.6 Å². The highest BCUT2D eigenvalue weighted by atomic mass is 19.1. The fourth-order valence-electron chi connectivity index (χ4n) is 3.06. The lowest BCUT2D eigenvalue weighted by molar-refractivity contribution is 0.0937. The van der Waals surface area contributed by atoms with Crippen LogP contribution in [0.25, 0.3) is 0 Å². The molecule has 1 unspecified atom stereocenters. The Labute approximate surface area is 143 Å². The molecule has 1 aliphatic carbocycles. The molecule has 1 atom stereocenters. The van der Waals surface area contributed by atoms with Gasteiger partial charge in [-0.3, -0.25) is 4.79 Å². The van der Waals surface area contributed by atoms with Gasteiger partial charge in [-0.1, -0.05) is 12.1 Å². The predicted molar refractivity (Wildman–Crippen MR) is 85.5 cm³/mol. The van der Waals surface area contributed by atoms with E-state index in [1.165, 1.54) is 6.33 Å². The van der Waals surface area contributed by atoms with E-state index >= 15 is 0 Å². The molecule has 132 valence electrons. The minimum absolute atomic E-state index is 0.0196. The van der Waals surface area contributed by atoms with Crippen LogP contribution in [0.15, 0.2) is 10.9 Å². The van der Waals surface area contributed by atoms with Crippen LogP contribution in [0.4, 0.5) is 10.2 Å². The maximum atomic E-state index is 14.6. The van der Waals surface area contributed by atoms with Crippen LogP contribution in [0.2, 0.25) is 0 Å². The van der Waals surface area contributed by atoms with E-state index in [1.54, 1.807) is 0 Å². The Morgan fingerprint density at radius 1 is 1.40 bits per heavy atom. The number of aromatic nitrogens is 4. The van der Waals surface area contributed by atoms with E-state index in [2.05, 4.69) is 25.4 Å². The first kappa shape index (κ1) is 15.9. The van der Waals surface area contributed by atoms with Gasteiger partial charge in [-0.25, -0.2) is 14.4 Å². The molecule has 1 aliphatic heterocycles. The third kappa shape index (κ3) is 3.06. The maximum Gasteiger partial charge on any atom is 0.292 e. The third-order valence-electron chi connectivity index (χ3n) is 4.55. The first-order valence-corrected chi connectivity index (χ1v) is 8.58. The number of amides is 1. The van der Waals surface area contributed by atoms with E-state index in [1.807, 2.05) is 11.8 Å². The third-order valence-corrected chi connectivity index (χ3v) is 4.55. The SMILES string of the molecule is CCc1ncnc(N2CCCC2c2nc(C(=O)NC3CC3)no2)c1F. The summed E-state index contributed by atoms with van der Waals surface area (Å²) in [5.41, 5.74) is 0.380. The quantitative estimate of drug-likeness (QED) is 0.881. The van der Waals surface area contributed by atoms with E-state index in [4.69, 9.17) is 4.52 Å². The van der Waals surface area contributed by atoms with Gasteiger partial charge in [-0.2, -0.15) is 4.98 Å². The maximum absolute atomic E-state index is 14.6. The molecule has 2 fully saturated rings. The normalized spacial score (nSPS) is 20.1. The zero-order chi connectivity index (χ0) is 17.4. The Kier molecular flexibility index (Phi) is 4.06. The Morgan fingerprint density at radius 2 is 2.24 bits per heavy atom. The van der Waals surface area contributed by atoms with Crippen LogP contribution >= 0.6 is 0 Å². The Balaban J connectivity index is 1.57. The van der Waals surface area contributed by atoms with Gasteiger partial charge in [-0.15, -0.1) is 0 Å². The number of carbonyl (C=O) groups excluding carboxylic acids is 1. The molecule has 0 spiro atoms. The molecule has 8 nitrogen and oxygen atoms in total. The average molecular weight is 346 g/mol. The molecule has 25 heavy (non-hydrogen) atoms. The van der Waals surface area contributed by atoms with Crippen LogP contribution in [0.1, 0.15) is 60.9 Å². The number of nitrogens with one attached hydrogen (secondary N) is 1. The van der Waals surface area contributed by atoms with Crippen LogP contribution < -0.4 is 10.2 Å². The van der Waals surface area contributed by atoms with Crippen molar-refractivity contribution in [1.82, 2.24) is 25.4 Å². The van der Waals surface area contributed by atoms with E-state index in [0.29, 0.717) is 24.6 Å². The van der Waals surface area contributed by atoms with Crippen molar-refractivity contribution >= 4 is 11.7 Å². The van der Waals surface area contributed by atoms with Crippen molar-refractivity contribution in [1.29, 1.82) is 0 Å². The second kappa shape index (κ2) is 6.38. The minimum atomic E-state index is -0.414. The summed E-state index contributed by atoms with van der Waals surface area (Å²) < 4.78 is 19.9. The summed E-state index contributed by atoms with van der Waals surface area (Å²) in [5, 5.41) is 6.60. The molecular formula is C16H19FN6O2. The first-order chi connectivity index (χ1) is 12.2. The molecule has 2 aromatic rings. The largest absolute Gasteiger partial charge is 0.346 e. The highest BCUT2D eigenvalue weighted by molar-refractivity contribution is 5.90. The standard InChI is InChI=1S/C16H19FN6O2/c1-2-10-12(17)14(19-8-18-10)23-7-3-4-11(23)16-21-13(22-25-16)15(24)20-9-5-6-9/h8-9,11H,2-7H2,1H3,(H,20,24). The summed E-state index contributed by atoms with van der Waals surface area (Å²) in [5.74, 6) is -0.163. The fraction of sp³-hybridized carbons (Fsp3) is 0.562. The van der Waals surface area contributed by atoms with Crippen molar-refractivity contribution < 1.29 is 13.7 Å². The molecular weight excluding hydrogens is 327 g/mol. The summed E-state index contributed by atoms with van der Waals surface area (Å²) in [7, 11) is 0. The number of rotatable bonds is 5. The summed E-state index contributed by atoms with van der Waals surface area (Å²) in [6.07, 6.45) is 5.42. The molecule has 0 bridgehead atoms. The van der Waals surface area contributed by atoms with Gasteiger partial charge in [0.25, 0.3) is 11.7 Å². The number of halogens is 1. The van der Waals surface area contributed by atoms with Crippen molar-refractivity contribution in [2.24, 2.45) is 0 Å². The topological polar surface area (TPSA) is 97.0 Å². The molecule has 1 amide bonds. The zero-order valence-corrected chi connectivity index (χ0v) is 13.9. The number of nitrogens with zero attached hydrogens (tertiary/aromatic N) is 5. The van der Waals surface area contributed by atoms with Crippen LogP contribution in [-0.4, -0.2) is 38.6 Å². The molecule has 0 radical (unpaired) electrons. The van der Waals surface area contributed by atoms with E-state index in [0.717, 1.165) is 25.7 Å². The van der Waals surface area contributed by atoms with E-state index < -0.39 is 5.82 Å². The molecule has 1 N–H and O–H groups in total. The molecule has 4 rings (SSSR count). The van der Waals surface area contributed by atoms with Crippen LogP contribution in [0.5, 0.6) is 0 Å². The van der Waals surface area contributed by atoms with Crippen LogP contribution in [0.3, 0.4) is 0 Å². The minimum Gasteiger partial charge on any atom is -0.346 e. The summed E-state index contributed by atoms with van der Waals surface area (Å²) >= 11 is 0. The van der Waals surface area contributed by atoms with Crippen molar-refractivity contribution in [3.8, 4) is 0 Å². The Bertz CT molecular complexity index is 791. The summed E-state index contributed by atoms with van der Waals surface area (Å²) in [6.45, 7) is 2.48. The van der Waals surface area contributed by atoms with Crippen LogP contribution in [0, 0.1) is 5.82 Å². The van der Waals surface area contributed by atoms with Crippen molar-refractivity contribution in [2.45, 2.75) is 51.1 Å². The summed E-state index contributed by atoms with van der Waals surface area (Å²) in [4.78, 5) is 26.1. The lowest BCUT2D eigenvalue weighted by Gasteiger charge is -2.23. The van der Waals surface area contributed by atoms with Crippen molar-refractivity contribution in [3.63, 3.8) is 0 Å². The Morgan fingerprint density at radius 3 is 3.00 bits per heavy atom. The number of aryl methyl sites for hydroxylation is 1. The predicted octanol–water partition coefficient (Wildman–Crippen LogP) is 1.79. The second-order valence-electron chi connectivity index (χ2n) is 6.37. The van der Waals surface area contributed by atoms with Crippen molar-refractivity contribution in [2.75, 3.05) is 11.4 Å². The highest BCUT2D eigenvalue weighted by Gasteiger charge is 2.35. The zero-order valence-electron chi connectivity index (χ0n) is 13.9. The summed E-state index contributed by atoms with van der Waals surface area (Å²) in [6, 6.07) is -0.0657. The fourth-order valence-corrected chi connectivity index (χ4v) is 3.06. The van der Waals surface area contributed by atoms with Gasteiger partial charge < -0.3 is 14.7 Å². The van der Waals surface area contributed by atoms with Gasteiger partial charge in [0, 0.05) is 12.6 Å². The molecule has 9 heteroatoms. The molecule has 3 heterocycles. The van der Waals surface area contributed by atoms with Gasteiger partial charge >= 0.3 is 0 Å². The van der Waals surface area contributed by atoms with Gasteiger partial charge in [0.1, 0.15) is 12.4 Å². The number of hydrogen-bond acceptors (Lipinski definition) is 7. The number of carbonyl (C=O) groups is 1. The molecule has 2 aliphatic rings. The van der Waals surface area contributed by atoms with Gasteiger partial charge in [-0.05, 0) is 32.1 Å². The number of hydrogen-bond donors (Lipinski definition) is 1. The van der Waals surface area contributed by atoms with Crippen molar-refractivity contribution in [3.05, 3.63) is 29.6 Å². The van der Waals surface area contributed by atoms with E-state index in [9.17, 15) is 9.18 Å². The van der Waals surface area contributed by atoms with Gasteiger partial charge in [0.05, 0.1) is 5.69 Å². The molecule has 2 aromatic heterocycles. The molecule has 1 saturated carbocycles. The second-order valence-corrected chi connectivity index (χ2v) is 6.37. The lowest BCUT2D eigenvalue weighted by Crippen LogP contribution is -2.27. The smallest absolute Gasteiger partial charge is 0.292 e. The molecule has 0 aromatic carbocycles. The number of anilines is 1. The van der Waals surface area contributed by atoms with E-state index in [-0.39, 0.29) is 29.6 Å². The Hall–Kier alpha value is -2.58. The van der Waals surface area contributed by atoms with Gasteiger partial charge in [0.2, 0.25) is 5.89 Å². The molecule has 1 saturated heterocycles. The monoisotopic (exact) mass is 346 g/mol. The highest BCUT2D eigenvalue weighted by Crippen LogP contribution is 2.35. The first-order valence-electron chi connectivity index (χ1n) is 8.58. The average Bonchev–Trinajstić information content (AvgIpc) is 3.12. The van der Waals surface area contributed by atoms with Crippen LogP contribution in [-0.2, 0) is 6.42 Å². The lowest BCUT2D eigenvalue weighted by atomic mass is 10.2.